The molecule has 0 aliphatic carbocycles. The van der Waals surface area contributed by atoms with Crippen molar-refractivity contribution >= 4 is 55.2 Å². The Labute approximate surface area is 290 Å². The fraction of sp³-hybridized carbons (Fsp3) is 0.270. The Morgan fingerprint density at radius 1 is 0.760 bits per heavy atom. The van der Waals surface area contributed by atoms with Gasteiger partial charge in [0.15, 0.2) is 0 Å². The van der Waals surface area contributed by atoms with Crippen LogP contribution in [0.15, 0.2) is 85.5 Å². The smallest absolute Gasteiger partial charge is 0.261 e. The lowest BCUT2D eigenvalue weighted by molar-refractivity contribution is 0.0596. The zero-order valence-corrected chi connectivity index (χ0v) is 28.9. The second-order valence-electron chi connectivity index (χ2n) is 12.4. The summed E-state index contributed by atoms with van der Waals surface area (Å²) in [5.41, 5.74) is 3.05. The minimum Gasteiger partial charge on any atom is -0.306 e. The third-order valence-corrected chi connectivity index (χ3v) is 10.3. The lowest BCUT2D eigenvalue weighted by atomic mass is 9.93. The van der Waals surface area contributed by atoms with Gasteiger partial charge in [0.25, 0.3) is 23.6 Å². The van der Waals surface area contributed by atoms with Crippen LogP contribution in [-0.4, -0.2) is 102 Å². The number of aromatic nitrogens is 2. The molecule has 0 saturated heterocycles. The van der Waals surface area contributed by atoms with Crippen molar-refractivity contribution in [2.75, 3.05) is 46.0 Å². The average molecular weight is 695 g/mol. The molecule has 3 heterocycles. The molecule has 4 amide bonds. The summed E-state index contributed by atoms with van der Waals surface area (Å²) >= 11 is 0. The zero-order chi connectivity index (χ0) is 35.6. The van der Waals surface area contributed by atoms with E-state index in [1.54, 1.807) is 36.8 Å². The molecule has 2 aliphatic heterocycles. The second-order valence-corrected chi connectivity index (χ2v) is 14.4. The first kappa shape index (κ1) is 34.6. The SMILES string of the molecule is CCCN(CCCN(C)CCN1C(=O)c2cccc3c(-n4ccnc4)ccc(c23)C1=O)S(C)(=O)=O.O=C1NC(=O)c2cccc3cccc1c23. The van der Waals surface area contributed by atoms with Gasteiger partial charge in [0, 0.05) is 77.0 Å². The first-order valence-corrected chi connectivity index (χ1v) is 18.3. The molecule has 5 aromatic rings. The number of rotatable bonds is 11. The summed E-state index contributed by atoms with van der Waals surface area (Å²) in [6.07, 6.45) is 7.88. The van der Waals surface area contributed by atoms with E-state index in [4.69, 9.17) is 0 Å². The summed E-state index contributed by atoms with van der Waals surface area (Å²) in [7, 11) is -1.31. The van der Waals surface area contributed by atoms with Gasteiger partial charge in [-0.15, -0.1) is 0 Å². The molecular formula is C37H38N6O6S. The van der Waals surface area contributed by atoms with Gasteiger partial charge in [-0.2, -0.15) is 0 Å². The summed E-state index contributed by atoms with van der Waals surface area (Å²) in [6.45, 7) is 4.33. The Kier molecular flexibility index (Phi) is 9.91. The van der Waals surface area contributed by atoms with Crippen LogP contribution in [0.4, 0.5) is 0 Å². The highest BCUT2D eigenvalue weighted by molar-refractivity contribution is 7.88. The fourth-order valence-corrected chi connectivity index (χ4v) is 7.49. The van der Waals surface area contributed by atoms with Crippen molar-refractivity contribution in [2.24, 2.45) is 0 Å². The standard InChI is InChI=1S/C25H31N5O4S.C12H7NO2/c1-4-12-29(35(3,33)34)14-6-13-27(2)16-17-30-24(31)20-8-5-7-19-22(28-15-11-26-18-28)10-9-21(23(19)20)25(30)32;14-11-8-5-1-3-7-4-2-6-9(10(7)8)12(15)13-11/h5,7-11,15,18H,4,6,12-14,16-17H2,1-3H3;1-6H,(H,13,14,15). The predicted octanol–water partition coefficient (Wildman–Crippen LogP) is 4.34. The summed E-state index contributed by atoms with van der Waals surface area (Å²) < 4.78 is 27.1. The van der Waals surface area contributed by atoms with Crippen molar-refractivity contribution in [1.82, 2.24) is 29.0 Å². The molecule has 13 heteroatoms. The van der Waals surface area contributed by atoms with Crippen LogP contribution in [0.1, 0.15) is 61.2 Å². The van der Waals surface area contributed by atoms with Crippen molar-refractivity contribution in [3.05, 3.63) is 108 Å². The van der Waals surface area contributed by atoms with Gasteiger partial charge in [-0.05, 0) is 62.2 Å². The van der Waals surface area contributed by atoms with Crippen molar-refractivity contribution in [2.45, 2.75) is 19.8 Å². The number of nitrogens with one attached hydrogen (secondary N) is 1. The Morgan fingerprint density at radius 2 is 1.40 bits per heavy atom. The van der Waals surface area contributed by atoms with Gasteiger partial charge in [0.1, 0.15) is 0 Å². The number of hydrogen-bond donors (Lipinski definition) is 1. The summed E-state index contributed by atoms with van der Waals surface area (Å²) in [4.78, 5) is 57.1. The Bertz CT molecular complexity index is 2160. The molecule has 50 heavy (non-hydrogen) atoms. The minimum atomic E-state index is -3.22. The van der Waals surface area contributed by atoms with E-state index >= 15 is 0 Å². The first-order chi connectivity index (χ1) is 24.0. The van der Waals surface area contributed by atoms with E-state index in [0.29, 0.717) is 60.2 Å². The maximum Gasteiger partial charge on any atom is 0.261 e. The molecular weight excluding hydrogens is 657 g/mol. The maximum atomic E-state index is 13.3. The number of likely N-dealkylation sites (N-methyl/N-ethyl adjacent to an activating group) is 1. The minimum absolute atomic E-state index is 0.262. The molecule has 0 fully saturated rings. The third kappa shape index (κ3) is 6.79. The highest BCUT2D eigenvalue weighted by Gasteiger charge is 2.33. The summed E-state index contributed by atoms with van der Waals surface area (Å²) in [5, 5.41) is 5.51. The van der Waals surface area contributed by atoms with Gasteiger partial charge >= 0.3 is 0 Å². The molecule has 0 saturated carbocycles. The number of amides is 4. The van der Waals surface area contributed by atoms with E-state index < -0.39 is 10.0 Å². The number of imide groups is 2. The lowest BCUT2D eigenvalue weighted by Crippen LogP contribution is -2.44. The quantitative estimate of drug-likeness (QED) is 0.201. The Hall–Kier alpha value is -5.24. The molecule has 1 aromatic heterocycles. The van der Waals surface area contributed by atoms with E-state index in [-0.39, 0.29) is 30.2 Å². The van der Waals surface area contributed by atoms with Crippen LogP contribution in [0.5, 0.6) is 0 Å². The number of nitrogens with zero attached hydrogens (tertiary/aromatic N) is 5. The summed E-state index contributed by atoms with van der Waals surface area (Å²) in [6, 6.07) is 20.1. The van der Waals surface area contributed by atoms with Crippen LogP contribution < -0.4 is 5.32 Å². The number of imidazole rings is 1. The largest absolute Gasteiger partial charge is 0.306 e. The molecule has 0 unspecified atom stereocenters. The van der Waals surface area contributed by atoms with Gasteiger partial charge < -0.3 is 9.47 Å². The molecule has 2 aliphatic rings. The second kappa shape index (κ2) is 14.3. The number of carbonyl (C=O) groups is 4. The van der Waals surface area contributed by atoms with Gasteiger partial charge in [-0.1, -0.05) is 43.3 Å². The Balaban J connectivity index is 0.000000237. The molecule has 0 atom stereocenters. The van der Waals surface area contributed by atoms with Gasteiger partial charge in [-0.3, -0.25) is 29.4 Å². The molecule has 0 radical (unpaired) electrons. The van der Waals surface area contributed by atoms with E-state index in [9.17, 15) is 27.6 Å². The molecule has 0 bridgehead atoms. The van der Waals surface area contributed by atoms with Crippen LogP contribution in [0.2, 0.25) is 0 Å². The molecule has 258 valence electrons. The van der Waals surface area contributed by atoms with Gasteiger partial charge in [0.2, 0.25) is 10.0 Å². The number of benzene rings is 4. The van der Waals surface area contributed by atoms with Gasteiger partial charge in [-0.25, -0.2) is 17.7 Å². The highest BCUT2D eigenvalue weighted by Crippen LogP contribution is 2.33. The molecule has 12 nitrogen and oxygen atoms in total. The first-order valence-electron chi connectivity index (χ1n) is 16.4. The fourth-order valence-electron chi connectivity index (χ4n) is 6.51. The molecule has 4 aromatic carbocycles. The van der Waals surface area contributed by atoms with Crippen molar-refractivity contribution in [3.63, 3.8) is 0 Å². The molecule has 1 N–H and O–H groups in total. The van der Waals surface area contributed by atoms with Crippen LogP contribution >= 0.6 is 0 Å². The predicted molar refractivity (Wildman–Crippen MR) is 191 cm³/mol. The maximum absolute atomic E-state index is 13.3. The van der Waals surface area contributed by atoms with E-state index in [0.717, 1.165) is 28.3 Å². The molecule has 0 spiro atoms. The van der Waals surface area contributed by atoms with Crippen LogP contribution in [0.25, 0.3) is 27.2 Å². The number of hydrogen-bond acceptors (Lipinski definition) is 8. The highest BCUT2D eigenvalue weighted by atomic mass is 32.2. The third-order valence-electron chi connectivity index (χ3n) is 8.97. The normalized spacial score (nSPS) is 14.1. The number of carbonyl (C=O) groups excluding carboxylic acids is 4. The monoisotopic (exact) mass is 694 g/mol. The summed E-state index contributed by atoms with van der Waals surface area (Å²) in [5.74, 6) is -1.22. The van der Waals surface area contributed by atoms with Crippen LogP contribution in [-0.2, 0) is 10.0 Å². The van der Waals surface area contributed by atoms with E-state index in [1.807, 2.05) is 72.1 Å². The molecule has 7 rings (SSSR count). The zero-order valence-electron chi connectivity index (χ0n) is 28.1. The average Bonchev–Trinajstić information content (AvgIpc) is 3.64. The van der Waals surface area contributed by atoms with Crippen molar-refractivity contribution in [1.29, 1.82) is 0 Å². The van der Waals surface area contributed by atoms with Gasteiger partial charge in [0.05, 0.1) is 18.3 Å². The van der Waals surface area contributed by atoms with Crippen LogP contribution in [0.3, 0.4) is 0 Å². The van der Waals surface area contributed by atoms with E-state index in [2.05, 4.69) is 10.3 Å². The van der Waals surface area contributed by atoms with Crippen molar-refractivity contribution < 1.29 is 27.6 Å². The van der Waals surface area contributed by atoms with Crippen LogP contribution in [0, 0.1) is 0 Å². The topological polar surface area (TPSA) is 142 Å². The number of sulfonamides is 1. The Morgan fingerprint density at radius 3 is 2.02 bits per heavy atom. The van der Waals surface area contributed by atoms with E-state index in [1.165, 1.54) is 15.5 Å². The lowest BCUT2D eigenvalue weighted by Gasteiger charge is -2.29. The van der Waals surface area contributed by atoms with Crippen molar-refractivity contribution in [3.8, 4) is 5.69 Å².